The Balaban J connectivity index is 1.90. The van der Waals surface area contributed by atoms with Crippen molar-refractivity contribution in [3.05, 3.63) is 35.4 Å². The maximum absolute atomic E-state index is 13.0. The van der Waals surface area contributed by atoms with Crippen LogP contribution in [0.2, 0.25) is 0 Å². The largest absolute Gasteiger partial charge is 0.338 e. The Kier molecular flexibility index (Phi) is 4.73. The number of sulfone groups is 1. The second-order valence-electron chi connectivity index (χ2n) is 6.55. The lowest BCUT2D eigenvalue weighted by Crippen LogP contribution is -2.63. The van der Waals surface area contributed by atoms with Crippen molar-refractivity contribution in [1.82, 2.24) is 15.1 Å². The van der Waals surface area contributed by atoms with E-state index < -0.39 is 21.9 Å². The first kappa shape index (κ1) is 17.7. The predicted octanol–water partition coefficient (Wildman–Crippen LogP) is 0.648. The molecule has 2 saturated heterocycles. The summed E-state index contributed by atoms with van der Waals surface area (Å²) in [5.41, 5.74) is 1.44. The van der Waals surface area contributed by atoms with Crippen LogP contribution < -0.4 is 5.32 Å². The highest BCUT2D eigenvalue weighted by Crippen LogP contribution is 2.28. The highest BCUT2D eigenvalue weighted by atomic mass is 32.2. The molecule has 1 N–H and O–H groups in total. The number of benzene rings is 1. The lowest BCUT2D eigenvalue weighted by molar-refractivity contribution is 0.0427. The van der Waals surface area contributed by atoms with Gasteiger partial charge < -0.3 is 15.1 Å². The summed E-state index contributed by atoms with van der Waals surface area (Å²) in [7, 11) is -3.28. The fourth-order valence-corrected chi connectivity index (χ4v) is 5.66. The van der Waals surface area contributed by atoms with Crippen LogP contribution in [0.1, 0.15) is 22.8 Å². The smallest absolute Gasteiger partial charge is 0.317 e. The van der Waals surface area contributed by atoms with Gasteiger partial charge >= 0.3 is 6.03 Å². The third-order valence-electron chi connectivity index (χ3n) is 4.90. The van der Waals surface area contributed by atoms with Crippen LogP contribution >= 0.6 is 0 Å². The van der Waals surface area contributed by atoms with Crippen molar-refractivity contribution in [3.8, 4) is 0 Å². The molecule has 2 atom stereocenters. The monoisotopic (exact) mass is 365 g/mol. The summed E-state index contributed by atoms with van der Waals surface area (Å²) in [5, 5.41) is 2.73. The first-order valence-electron chi connectivity index (χ1n) is 8.45. The standard InChI is InChI=1S/C17H23N3O4S/c1-3-18-17(22)20-9-8-19(14-10-25(23,24)11-15(14)20)16(21)13-7-5-4-6-12(13)2/h4-7,14-15H,3,8-11H2,1-2H3,(H,18,22)/t14-,15+/m0/s1. The number of fused-ring (bicyclic) bond motifs is 1. The number of carbonyl (C=O) groups is 2. The number of piperazine rings is 1. The van der Waals surface area contributed by atoms with Gasteiger partial charge in [0.15, 0.2) is 9.84 Å². The highest BCUT2D eigenvalue weighted by Gasteiger charge is 2.49. The first-order chi connectivity index (χ1) is 11.8. The van der Waals surface area contributed by atoms with Crippen LogP contribution in [0, 0.1) is 6.92 Å². The van der Waals surface area contributed by atoms with Gasteiger partial charge in [-0.05, 0) is 25.5 Å². The number of urea groups is 1. The summed E-state index contributed by atoms with van der Waals surface area (Å²) in [4.78, 5) is 28.5. The number of nitrogens with zero attached hydrogens (tertiary/aromatic N) is 2. The molecule has 0 unspecified atom stereocenters. The molecule has 0 bridgehead atoms. The summed E-state index contributed by atoms with van der Waals surface area (Å²) in [6, 6.07) is 6.04. The zero-order valence-electron chi connectivity index (χ0n) is 14.4. The van der Waals surface area contributed by atoms with E-state index in [1.165, 1.54) is 0 Å². The first-order valence-corrected chi connectivity index (χ1v) is 10.3. The molecular weight excluding hydrogens is 342 g/mol. The van der Waals surface area contributed by atoms with Crippen LogP contribution in [-0.2, 0) is 9.84 Å². The third kappa shape index (κ3) is 3.35. The van der Waals surface area contributed by atoms with Gasteiger partial charge in [-0.3, -0.25) is 4.79 Å². The summed E-state index contributed by atoms with van der Waals surface area (Å²) in [6.45, 7) is 4.83. The molecule has 3 rings (SSSR count). The van der Waals surface area contributed by atoms with Crippen molar-refractivity contribution in [2.75, 3.05) is 31.1 Å². The zero-order valence-corrected chi connectivity index (χ0v) is 15.3. The molecule has 136 valence electrons. The lowest BCUT2D eigenvalue weighted by Gasteiger charge is -2.43. The molecule has 2 aliphatic heterocycles. The molecule has 0 radical (unpaired) electrons. The Morgan fingerprint density at radius 2 is 1.72 bits per heavy atom. The maximum Gasteiger partial charge on any atom is 0.317 e. The minimum Gasteiger partial charge on any atom is -0.338 e. The SMILES string of the molecule is CCNC(=O)N1CCN(C(=O)c2ccccc2C)[C@H]2CS(=O)(=O)C[C@H]21. The second-order valence-corrected chi connectivity index (χ2v) is 8.71. The maximum atomic E-state index is 13.0. The number of hydrogen-bond donors (Lipinski definition) is 1. The third-order valence-corrected chi connectivity index (χ3v) is 6.60. The number of amides is 3. The average molecular weight is 365 g/mol. The topological polar surface area (TPSA) is 86.8 Å². The molecule has 25 heavy (non-hydrogen) atoms. The summed E-state index contributed by atoms with van der Waals surface area (Å²) in [6.07, 6.45) is 0. The number of hydrogen-bond acceptors (Lipinski definition) is 4. The van der Waals surface area contributed by atoms with Crippen LogP contribution in [-0.4, -0.2) is 73.4 Å². The van der Waals surface area contributed by atoms with Gasteiger partial charge in [0.2, 0.25) is 0 Å². The van der Waals surface area contributed by atoms with E-state index in [1.54, 1.807) is 21.9 Å². The molecule has 0 saturated carbocycles. The van der Waals surface area contributed by atoms with E-state index in [0.717, 1.165) is 5.56 Å². The van der Waals surface area contributed by atoms with Gasteiger partial charge in [-0.1, -0.05) is 18.2 Å². The van der Waals surface area contributed by atoms with Gasteiger partial charge in [-0.25, -0.2) is 13.2 Å². The summed E-state index contributed by atoms with van der Waals surface area (Å²) >= 11 is 0. The van der Waals surface area contributed by atoms with Gasteiger partial charge in [-0.2, -0.15) is 0 Å². The summed E-state index contributed by atoms with van der Waals surface area (Å²) < 4.78 is 24.4. The molecule has 0 aliphatic carbocycles. The summed E-state index contributed by atoms with van der Waals surface area (Å²) in [5.74, 6) is -0.349. The fourth-order valence-electron chi connectivity index (χ4n) is 3.68. The molecule has 2 heterocycles. The Hall–Kier alpha value is -2.09. The Bertz CT molecular complexity index is 793. The van der Waals surface area contributed by atoms with Gasteiger partial charge in [0.1, 0.15) is 0 Å². The van der Waals surface area contributed by atoms with E-state index in [2.05, 4.69) is 5.32 Å². The van der Waals surface area contributed by atoms with Crippen molar-refractivity contribution >= 4 is 21.8 Å². The Morgan fingerprint density at radius 3 is 2.36 bits per heavy atom. The molecule has 1 aromatic carbocycles. The van der Waals surface area contributed by atoms with Crippen LogP contribution in [0.25, 0.3) is 0 Å². The molecule has 0 aromatic heterocycles. The normalized spacial score (nSPS) is 24.7. The van der Waals surface area contributed by atoms with Crippen molar-refractivity contribution in [2.45, 2.75) is 25.9 Å². The molecule has 0 spiro atoms. The lowest BCUT2D eigenvalue weighted by atomic mass is 10.0. The predicted molar refractivity (Wildman–Crippen MR) is 94.2 cm³/mol. The van der Waals surface area contributed by atoms with Crippen LogP contribution in [0.15, 0.2) is 24.3 Å². The zero-order chi connectivity index (χ0) is 18.2. The van der Waals surface area contributed by atoms with E-state index in [9.17, 15) is 18.0 Å². The molecule has 7 nitrogen and oxygen atoms in total. The molecule has 1 aromatic rings. The van der Waals surface area contributed by atoms with E-state index in [1.807, 2.05) is 26.0 Å². The molecule has 3 amide bonds. The fraction of sp³-hybridized carbons (Fsp3) is 0.529. The van der Waals surface area contributed by atoms with E-state index in [-0.39, 0.29) is 23.4 Å². The minimum absolute atomic E-state index is 0.0909. The van der Waals surface area contributed by atoms with Crippen molar-refractivity contribution < 1.29 is 18.0 Å². The van der Waals surface area contributed by atoms with Crippen molar-refractivity contribution in [3.63, 3.8) is 0 Å². The van der Waals surface area contributed by atoms with E-state index >= 15 is 0 Å². The second kappa shape index (κ2) is 6.67. The molecular formula is C17H23N3O4S. The van der Waals surface area contributed by atoms with Crippen LogP contribution in [0.5, 0.6) is 0 Å². The van der Waals surface area contributed by atoms with Gasteiger partial charge in [-0.15, -0.1) is 0 Å². The van der Waals surface area contributed by atoms with E-state index in [4.69, 9.17) is 0 Å². The number of carbonyl (C=O) groups excluding carboxylic acids is 2. The Labute approximate surface area is 147 Å². The van der Waals surface area contributed by atoms with E-state index in [0.29, 0.717) is 25.2 Å². The number of aryl methyl sites for hydroxylation is 1. The van der Waals surface area contributed by atoms with Crippen molar-refractivity contribution in [2.24, 2.45) is 0 Å². The van der Waals surface area contributed by atoms with Crippen molar-refractivity contribution in [1.29, 1.82) is 0 Å². The highest BCUT2D eigenvalue weighted by molar-refractivity contribution is 7.91. The molecule has 8 heteroatoms. The molecule has 2 aliphatic rings. The number of rotatable bonds is 2. The average Bonchev–Trinajstić information content (AvgIpc) is 2.88. The van der Waals surface area contributed by atoms with Crippen LogP contribution in [0.3, 0.4) is 0 Å². The van der Waals surface area contributed by atoms with Gasteiger partial charge in [0.25, 0.3) is 5.91 Å². The van der Waals surface area contributed by atoms with Gasteiger partial charge in [0.05, 0.1) is 23.6 Å². The van der Waals surface area contributed by atoms with Gasteiger partial charge in [0, 0.05) is 25.2 Å². The van der Waals surface area contributed by atoms with Crippen LogP contribution in [0.4, 0.5) is 4.79 Å². The molecule has 2 fully saturated rings. The minimum atomic E-state index is -3.28. The Morgan fingerprint density at radius 1 is 1.12 bits per heavy atom. The quantitative estimate of drug-likeness (QED) is 0.834. The number of nitrogens with one attached hydrogen (secondary N) is 1.